The standard InChI is InChI=1S/C15H21F2NOS/c1-10(18-12-7-5-9-14(12)20-2)11-6-3-4-8-13(11)19-15(16)17/h3-4,6,8,10,12,14-15,18H,5,7,9H2,1-2H3. The van der Waals surface area contributed by atoms with Crippen LogP contribution in [0.2, 0.25) is 0 Å². The quantitative estimate of drug-likeness (QED) is 0.850. The van der Waals surface area contributed by atoms with E-state index in [9.17, 15) is 8.78 Å². The fraction of sp³-hybridized carbons (Fsp3) is 0.600. The molecule has 5 heteroatoms. The van der Waals surface area contributed by atoms with Gasteiger partial charge >= 0.3 is 6.61 Å². The van der Waals surface area contributed by atoms with Crippen molar-refractivity contribution in [2.75, 3.05) is 6.26 Å². The molecule has 0 saturated heterocycles. The van der Waals surface area contributed by atoms with Gasteiger partial charge in [0.15, 0.2) is 0 Å². The SMILES string of the molecule is CSC1CCCC1NC(C)c1ccccc1OC(F)F. The molecule has 3 unspecified atom stereocenters. The Morgan fingerprint density at radius 1 is 1.30 bits per heavy atom. The van der Waals surface area contributed by atoms with Crippen LogP contribution in [0.25, 0.3) is 0 Å². The van der Waals surface area contributed by atoms with Gasteiger partial charge < -0.3 is 10.1 Å². The van der Waals surface area contributed by atoms with Crippen molar-refractivity contribution in [3.05, 3.63) is 29.8 Å². The summed E-state index contributed by atoms with van der Waals surface area (Å²) in [5.74, 6) is 0.265. The van der Waals surface area contributed by atoms with Crippen molar-refractivity contribution in [3.63, 3.8) is 0 Å². The number of ether oxygens (including phenoxy) is 1. The molecule has 1 N–H and O–H groups in total. The van der Waals surface area contributed by atoms with E-state index in [0.717, 1.165) is 12.0 Å². The van der Waals surface area contributed by atoms with Crippen molar-refractivity contribution in [3.8, 4) is 5.75 Å². The second-order valence-electron chi connectivity index (χ2n) is 5.12. The van der Waals surface area contributed by atoms with Gasteiger partial charge in [-0.05, 0) is 32.1 Å². The van der Waals surface area contributed by atoms with Crippen molar-refractivity contribution >= 4 is 11.8 Å². The molecular formula is C15H21F2NOS. The average Bonchev–Trinajstić information content (AvgIpc) is 2.85. The summed E-state index contributed by atoms with van der Waals surface area (Å²) in [6, 6.07) is 7.46. The van der Waals surface area contributed by atoms with Gasteiger partial charge in [0.2, 0.25) is 0 Å². The number of thioether (sulfide) groups is 1. The Morgan fingerprint density at radius 3 is 2.75 bits per heavy atom. The predicted octanol–water partition coefficient (Wildman–Crippen LogP) is 4.22. The second kappa shape index (κ2) is 7.27. The van der Waals surface area contributed by atoms with Gasteiger partial charge in [0.1, 0.15) is 5.75 Å². The van der Waals surface area contributed by atoms with E-state index in [1.807, 2.05) is 30.8 Å². The lowest BCUT2D eigenvalue weighted by atomic mass is 10.1. The summed E-state index contributed by atoms with van der Waals surface area (Å²) in [7, 11) is 0. The third-order valence-corrected chi connectivity index (χ3v) is 4.99. The summed E-state index contributed by atoms with van der Waals surface area (Å²) in [4.78, 5) is 0. The third kappa shape index (κ3) is 3.85. The van der Waals surface area contributed by atoms with E-state index < -0.39 is 6.61 Å². The maximum atomic E-state index is 12.4. The van der Waals surface area contributed by atoms with Crippen molar-refractivity contribution in [1.82, 2.24) is 5.32 Å². The van der Waals surface area contributed by atoms with Gasteiger partial charge in [0, 0.05) is 22.9 Å². The molecule has 1 aliphatic carbocycles. The molecule has 1 fully saturated rings. The van der Waals surface area contributed by atoms with E-state index in [-0.39, 0.29) is 11.8 Å². The Bertz CT molecular complexity index is 430. The average molecular weight is 301 g/mol. The summed E-state index contributed by atoms with van der Waals surface area (Å²) in [5.41, 5.74) is 0.791. The summed E-state index contributed by atoms with van der Waals surface area (Å²) in [5, 5.41) is 4.18. The van der Waals surface area contributed by atoms with E-state index in [0.29, 0.717) is 11.3 Å². The van der Waals surface area contributed by atoms with Crippen molar-refractivity contribution in [1.29, 1.82) is 0 Å². The topological polar surface area (TPSA) is 21.3 Å². The molecule has 1 aromatic carbocycles. The number of nitrogens with one attached hydrogen (secondary N) is 1. The summed E-state index contributed by atoms with van der Waals surface area (Å²) in [6.07, 6.45) is 5.72. The minimum atomic E-state index is -2.78. The first-order chi connectivity index (χ1) is 9.61. The Labute approximate surface area is 123 Å². The van der Waals surface area contributed by atoms with Gasteiger partial charge in [-0.1, -0.05) is 24.6 Å². The maximum Gasteiger partial charge on any atom is 0.387 e. The van der Waals surface area contributed by atoms with Crippen LogP contribution in [-0.2, 0) is 0 Å². The predicted molar refractivity (Wildman–Crippen MR) is 79.6 cm³/mol. The maximum absolute atomic E-state index is 12.4. The van der Waals surface area contributed by atoms with Crippen LogP contribution < -0.4 is 10.1 Å². The number of halogens is 2. The van der Waals surface area contributed by atoms with Gasteiger partial charge in [-0.25, -0.2) is 0 Å². The Hall–Kier alpha value is -0.810. The molecule has 0 aliphatic heterocycles. The molecular weight excluding hydrogens is 280 g/mol. The van der Waals surface area contributed by atoms with Gasteiger partial charge in [-0.15, -0.1) is 0 Å². The number of rotatable bonds is 6. The van der Waals surface area contributed by atoms with Crippen LogP contribution in [0, 0.1) is 0 Å². The molecule has 1 aromatic rings. The Balaban J connectivity index is 2.06. The van der Waals surface area contributed by atoms with Gasteiger partial charge in [-0.2, -0.15) is 20.5 Å². The summed E-state index contributed by atoms with van der Waals surface area (Å²) in [6.45, 7) is -0.780. The zero-order valence-electron chi connectivity index (χ0n) is 11.8. The van der Waals surface area contributed by atoms with Crippen molar-refractivity contribution in [2.24, 2.45) is 0 Å². The van der Waals surface area contributed by atoms with E-state index in [4.69, 9.17) is 0 Å². The van der Waals surface area contributed by atoms with Crippen LogP contribution in [0.1, 0.15) is 37.8 Å². The summed E-state index contributed by atoms with van der Waals surface area (Å²) < 4.78 is 29.5. The Kier molecular flexibility index (Phi) is 5.66. The largest absolute Gasteiger partial charge is 0.434 e. The highest BCUT2D eigenvalue weighted by molar-refractivity contribution is 7.99. The van der Waals surface area contributed by atoms with Crippen LogP contribution in [0.3, 0.4) is 0 Å². The van der Waals surface area contributed by atoms with Gasteiger partial charge in [0.05, 0.1) is 0 Å². The van der Waals surface area contributed by atoms with Crippen LogP contribution in [-0.4, -0.2) is 24.2 Å². The molecule has 0 bridgehead atoms. The van der Waals surface area contributed by atoms with Gasteiger partial charge in [-0.3, -0.25) is 0 Å². The third-order valence-electron chi connectivity index (χ3n) is 3.82. The number of alkyl halides is 2. The summed E-state index contributed by atoms with van der Waals surface area (Å²) >= 11 is 1.88. The van der Waals surface area contributed by atoms with Crippen LogP contribution in [0.5, 0.6) is 5.75 Å². The van der Waals surface area contributed by atoms with E-state index >= 15 is 0 Å². The number of hydrogen-bond acceptors (Lipinski definition) is 3. The zero-order chi connectivity index (χ0) is 14.5. The fourth-order valence-electron chi connectivity index (χ4n) is 2.85. The molecule has 1 saturated carbocycles. The minimum Gasteiger partial charge on any atom is -0.434 e. The molecule has 0 radical (unpaired) electrons. The molecule has 1 aliphatic rings. The number of hydrogen-bond donors (Lipinski definition) is 1. The molecule has 0 aromatic heterocycles. The zero-order valence-corrected chi connectivity index (χ0v) is 12.6. The molecule has 0 heterocycles. The van der Waals surface area contributed by atoms with Crippen LogP contribution in [0.4, 0.5) is 8.78 Å². The fourth-order valence-corrected chi connectivity index (χ4v) is 3.80. The smallest absolute Gasteiger partial charge is 0.387 e. The number of benzene rings is 1. The Morgan fingerprint density at radius 2 is 2.05 bits per heavy atom. The lowest BCUT2D eigenvalue weighted by Gasteiger charge is -2.25. The molecule has 20 heavy (non-hydrogen) atoms. The van der Waals surface area contributed by atoms with Crippen molar-refractivity contribution in [2.45, 2.75) is 50.1 Å². The highest BCUT2D eigenvalue weighted by atomic mass is 32.2. The molecule has 0 spiro atoms. The highest BCUT2D eigenvalue weighted by Gasteiger charge is 2.28. The minimum absolute atomic E-state index is 0.00250. The molecule has 3 atom stereocenters. The molecule has 112 valence electrons. The highest BCUT2D eigenvalue weighted by Crippen LogP contribution is 2.32. The van der Waals surface area contributed by atoms with Crippen LogP contribution in [0.15, 0.2) is 24.3 Å². The van der Waals surface area contributed by atoms with Crippen LogP contribution >= 0.6 is 11.8 Å². The molecule has 2 rings (SSSR count). The lowest BCUT2D eigenvalue weighted by molar-refractivity contribution is -0.0506. The first kappa shape index (κ1) is 15.6. The van der Waals surface area contributed by atoms with E-state index in [1.54, 1.807) is 12.1 Å². The number of para-hydroxylation sites is 1. The van der Waals surface area contributed by atoms with E-state index in [2.05, 4.69) is 16.3 Å². The van der Waals surface area contributed by atoms with Gasteiger partial charge in [0.25, 0.3) is 0 Å². The van der Waals surface area contributed by atoms with E-state index in [1.165, 1.54) is 12.8 Å². The monoisotopic (exact) mass is 301 g/mol. The second-order valence-corrected chi connectivity index (χ2v) is 6.19. The van der Waals surface area contributed by atoms with Crippen molar-refractivity contribution < 1.29 is 13.5 Å². The normalized spacial score (nSPS) is 24.1. The first-order valence-corrected chi connectivity index (χ1v) is 8.23. The lowest BCUT2D eigenvalue weighted by Crippen LogP contribution is -2.36. The molecule has 0 amide bonds. The first-order valence-electron chi connectivity index (χ1n) is 6.94. The molecule has 2 nitrogen and oxygen atoms in total.